The number of aryl methyl sites for hydroxylation is 1. The van der Waals surface area contributed by atoms with Gasteiger partial charge in [0.25, 0.3) is 0 Å². The molecule has 2 rings (SSSR count). The lowest BCUT2D eigenvalue weighted by Gasteiger charge is -2.09. The first kappa shape index (κ1) is 11.9. The molecule has 0 fully saturated rings. The molecule has 0 saturated carbocycles. The number of nitrogens with zero attached hydrogens (tertiary/aromatic N) is 2. The van der Waals surface area contributed by atoms with E-state index in [0.717, 1.165) is 5.52 Å². The monoisotopic (exact) mass is 254 g/mol. The Balaban J connectivity index is 2.38. The molecule has 0 aliphatic rings. The van der Waals surface area contributed by atoms with Crippen LogP contribution in [-0.2, 0) is 17.2 Å². The molecule has 1 aromatic heterocycles. The zero-order valence-electron chi connectivity index (χ0n) is 9.91. The van der Waals surface area contributed by atoms with Crippen LogP contribution in [0.1, 0.15) is 13.8 Å². The van der Waals surface area contributed by atoms with E-state index in [4.69, 9.17) is 4.18 Å². The lowest BCUT2D eigenvalue weighted by Crippen LogP contribution is -2.19. The first-order valence-corrected chi connectivity index (χ1v) is 6.71. The Kier molecular flexibility index (Phi) is 2.82. The summed E-state index contributed by atoms with van der Waals surface area (Å²) < 4.78 is 30.0. The standard InChI is InChI=1S/C11H14N2O3S/c1-8(2)17(14,15)16-9-4-5-11-10(6-9)12-7-13(11)3/h4-8H,1-3H3. The van der Waals surface area contributed by atoms with E-state index < -0.39 is 15.4 Å². The fourth-order valence-electron chi connectivity index (χ4n) is 1.40. The molecule has 6 heteroatoms. The second-order valence-electron chi connectivity index (χ2n) is 4.13. The zero-order chi connectivity index (χ0) is 12.6. The SMILES string of the molecule is CC(C)S(=O)(=O)Oc1ccc2c(c1)ncn2C. The summed E-state index contributed by atoms with van der Waals surface area (Å²) in [6.07, 6.45) is 1.67. The van der Waals surface area contributed by atoms with Crippen molar-refractivity contribution in [2.45, 2.75) is 19.1 Å². The van der Waals surface area contributed by atoms with Gasteiger partial charge in [0, 0.05) is 13.1 Å². The van der Waals surface area contributed by atoms with E-state index in [2.05, 4.69) is 4.98 Å². The number of fused-ring (bicyclic) bond motifs is 1. The number of rotatable bonds is 3. The Morgan fingerprint density at radius 2 is 2.06 bits per heavy atom. The quantitative estimate of drug-likeness (QED) is 0.782. The number of aromatic nitrogens is 2. The van der Waals surface area contributed by atoms with Crippen LogP contribution in [0.25, 0.3) is 11.0 Å². The van der Waals surface area contributed by atoms with Gasteiger partial charge >= 0.3 is 10.1 Å². The first-order valence-electron chi connectivity index (χ1n) is 5.24. The van der Waals surface area contributed by atoms with Gasteiger partial charge in [-0.25, -0.2) is 4.98 Å². The predicted octanol–water partition coefficient (Wildman–Crippen LogP) is 1.69. The molecule has 1 heterocycles. The van der Waals surface area contributed by atoms with E-state index in [1.165, 1.54) is 0 Å². The molecule has 0 atom stereocenters. The second-order valence-corrected chi connectivity index (χ2v) is 6.23. The van der Waals surface area contributed by atoms with Crippen LogP contribution in [-0.4, -0.2) is 23.2 Å². The third-order valence-corrected chi connectivity index (χ3v) is 4.07. The van der Waals surface area contributed by atoms with Gasteiger partial charge in [0.1, 0.15) is 5.75 Å². The Labute approximate surface area is 100 Å². The van der Waals surface area contributed by atoms with Crippen LogP contribution < -0.4 is 4.18 Å². The highest BCUT2D eigenvalue weighted by Gasteiger charge is 2.18. The molecule has 0 unspecified atom stereocenters. The average molecular weight is 254 g/mol. The molecule has 2 aromatic rings. The zero-order valence-corrected chi connectivity index (χ0v) is 10.7. The summed E-state index contributed by atoms with van der Waals surface area (Å²) in [5.74, 6) is 0.296. The minimum Gasteiger partial charge on any atom is -0.382 e. The Morgan fingerprint density at radius 3 is 2.71 bits per heavy atom. The van der Waals surface area contributed by atoms with Crippen LogP contribution in [0.15, 0.2) is 24.5 Å². The highest BCUT2D eigenvalue weighted by molar-refractivity contribution is 7.87. The number of benzene rings is 1. The summed E-state index contributed by atoms with van der Waals surface area (Å²) in [4.78, 5) is 4.14. The largest absolute Gasteiger partial charge is 0.382 e. The van der Waals surface area contributed by atoms with Crippen LogP contribution in [0.5, 0.6) is 5.75 Å². The molecule has 17 heavy (non-hydrogen) atoms. The average Bonchev–Trinajstić information content (AvgIpc) is 2.59. The molecule has 0 aliphatic carbocycles. The van der Waals surface area contributed by atoms with Crippen molar-refractivity contribution in [1.82, 2.24) is 9.55 Å². The van der Waals surface area contributed by atoms with Gasteiger partial charge in [0.2, 0.25) is 0 Å². The van der Waals surface area contributed by atoms with E-state index in [9.17, 15) is 8.42 Å². The molecule has 0 aliphatic heterocycles. The van der Waals surface area contributed by atoms with Crippen molar-refractivity contribution < 1.29 is 12.6 Å². The van der Waals surface area contributed by atoms with Gasteiger partial charge in [0.05, 0.1) is 22.6 Å². The fourth-order valence-corrected chi connectivity index (χ4v) is 1.96. The number of hydrogen-bond acceptors (Lipinski definition) is 4. The van der Waals surface area contributed by atoms with E-state index in [1.54, 1.807) is 38.4 Å². The molecular weight excluding hydrogens is 240 g/mol. The van der Waals surface area contributed by atoms with E-state index in [0.29, 0.717) is 11.3 Å². The van der Waals surface area contributed by atoms with Crippen molar-refractivity contribution in [3.05, 3.63) is 24.5 Å². The van der Waals surface area contributed by atoms with Crippen LogP contribution in [0, 0.1) is 0 Å². The maximum Gasteiger partial charge on any atom is 0.311 e. The maximum atomic E-state index is 11.6. The van der Waals surface area contributed by atoms with Crippen LogP contribution in [0.4, 0.5) is 0 Å². The van der Waals surface area contributed by atoms with E-state index >= 15 is 0 Å². The summed E-state index contributed by atoms with van der Waals surface area (Å²) in [5.41, 5.74) is 1.64. The summed E-state index contributed by atoms with van der Waals surface area (Å²) in [6, 6.07) is 5.03. The lowest BCUT2D eigenvalue weighted by atomic mass is 10.3. The fraction of sp³-hybridized carbons (Fsp3) is 0.364. The van der Waals surface area contributed by atoms with Crippen molar-refractivity contribution in [3.8, 4) is 5.75 Å². The van der Waals surface area contributed by atoms with Gasteiger partial charge in [-0.15, -0.1) is 0 Å². The smallest absolute Gasteiger partial charge is 0.311 e. The first-order chi connectivity index (χ1) is 7.90. The third kappa shape index (κ3) is 2.26. The van der Waals surface area contributed by atoms with E-state index in [-0.39, 0.29) is 0 Å². The third-order valence-electron chi connectivity index (χ3n) is 2.49. The molecule has 92 valence electrons. The predicted molar refractivity (Wildman–Crippen MR) is 65.4 cm³/mol. The Morgan fingerprint density at radius 1 is 1.35 bits per heavy atom. The maximum absolute atomic E-state index is 11.6. The molecule has 0 spiro atoms. The van der Waals surface area contributed by atoms with Crippen LogP contribution >= 0.6 is 0 Å². The van der Waals surface area contributed by atoms with Crippen molar-refractivity contribution in [1.29, 1.82) is 0 Å². The molecule has 0 amide bonds. The highest BCUT2D eigenvalue weighted by Crippen LogP contribution is 2.21. The molecule has 0 N–H and O–H groups in total. The number of imidazole rings is 1. The van der Waals surface area contributed by atoms with Gasteiger partial charge in [-0.3, -0.25) is 0 Å². The summed E-state index contributed by atoms with van der Waals surface area (Å²) >= 11 is 0. The molecule has 1 aromatic carbocycles. The molecule has 0 bridgehead atoms. The topological polar surface area (TPSA) is 61.2 Å². The molecule has 0 radical (unpaired) electrons. The second kappa shape index (κ2) is 4.03. The van der Waals surface area contributed by atoms with Gasteiger partial charge in [-0.05, 0) is 26.0 Å². The van der Waals surface area contributed by atoms with Gasteiger partial charge < -0.3 is 8.75 Å². The minimum absolute atomic E-state index is 0.296. The van der Waals surface area contributed by atoms with E-state index in [1.807, 2.05) is 11.6 Å². The van der Waals surface area contributed by atoms with Gasteiger partial charge in [-0.2, -0.15) is 8.42 Å². The van der Waals surface area contributed by atoms with Crippen molar-refractivity contribution in [2.24, 2.45) is 7.05 Å². The van der Waals surface area contributed by atoms with Gasteiger partial charge in [-0.1, -0.05) is 0 Å². The Hall–Kier alpha value is -1.56. The lowest BCUT2D eigenvalue weighted by molar-refractivity contribution is 0.477. The van der Waals surface area contributed by atoms with Crippen LogP contribution in [0.2, 0.25) is 0 Å². The summed E-state index contributed by atoms with van der Waals surface area (Å²) in [6.45, 7) is 3.16. The number of hydrogen-bond donors (Lipinski definition) is 0. The summed E-state index contributed by atoms with van der Waals surface area (Å²) in [7, 11) is -1.67. The minimum atomic E-state index is -3.55. The molecule has 0 saturated heterocycles. The van der Waals surface area contributed by atoms with Crippen molar-refractivity contribution in [3.63, 3.8) is 0 Å². The molecular formula is C11H14N2O3S. The molecule has 5 nitrogen and oxygen atoms in total. The van der Waals surface area contributed by atoms with Crippen molar-refractivity contribution in [2.75, 3.05) is 0 Å². The summed E-state index contributed by atoms with van der Waals surface area (Å²) in [5, 5.41) is -0.568. The van der Waals surface area contributed by atoms with Crippen LogP contribution in [0.3, 0.4) is 0 Å². The van der Waals surface area contributed by atoms with Crippen molar-refractivity contribution >= 4 is 21.2 Å². The normalized spacial score (nSPS) is 12.2. The Bertz CT molecular complexity index is 644. The van der Waals surface area contributed by atoms with Gasteiger partial charge in [0.15, 0.2) is 0 Å². The highest BCUT2D eigenvalue weighted by atomic mass is 32.2.